The van der Waals surface area contributed by atoms with Crippen molar-refractivity contribution < 1.29 is 0 Å². The van der Waals surface area contributed by atoms with Gasteiger partial charge in [-0.25, -0.2) is 0 Å². The Morgan fingerprint density at radius 1 is 0.145 bits per heavy atom. The van der Waals surface area contributed by atoms with Gasteiger partial charge in [-0.1, -0.05) is 243 Å². The van der Waals surface area contributed by atoms with Crippen LogP contribution < -0.4 is 0 Å². The molecule has 55 heavy (non-hydrogen) atoms. The lowest BCUT2D eigenvalue weighted by atomic mass is 9.51. The summed E-state index contributed by atoms with van der Waals surface area (Å²) in [5.41, 5.74) is -3.86. The molecule has 1 saturated carbocycles. The first-order valence-electron chi connectivity index (χ1n) is 19.9. The second kappa shape index (κ2) is 26.6. The van der Waals surface area contributed by atoms with Crippen molar-refractivity contribution >= 4 is 0 Å². The summed E-state index contributed by atoms with van der Waals surface area (Å²) in [6, 6.07) is 0. The van der Waals surface area contributed by atoms with Crippen LogP contribution in [0.2, 0.25) is 0 Å². The van der Waals surface area contributed by atoms with Crippen molar-refractivity contribution in [2.75, 3.05) is 0 Å². The van der Waals surface area contributed by atoms with Crippen LogP contribution in [-0.4, -0.2) is 0 Å². The molecule has 0 atom stereocenters. The highest BCUT2D eigenvalue weighted by molar-refractivity contribution is 5.61. The Morgan fingerprint density at radius 3 is 0.309 bits per heavy atom. The molecule has 0 aromatic carbocycles. The largest absolute Gasteiger partial charge is 0.0877 e. The molecule has 0 spiro atoms. The van der Waals surface area contributed by atoms with Gasteiger partial charge in [0.15, 0.2) is 0 Å². The van der Waals surface area contributed by atoms with E-state index < -0.39 is 27.1 Å². The number of hydrogen-bond acceptors (Lipinski definition) is 0. The molecule has 1 fully saturated rings. The third-order valence-electron chi connectivity index (χ3n) is 10.0. The highest BCUT2D eigenvalue weighted by Crippen LogP contribution is 2.83. The summed E-state index contributed by atoms with van der Waals surface area (Å²) >= 11 is 0. The molecule has 0 unspecified atom stereocenters. The van der Waals surface area contributed by atoms with E-state index in [1.165, 1.54) is 0 Å². The monoisotopic (exact) mass is 731 g/mol. The molecule has 1 aliphatic carbocycles. The van der Waals surface area contributed by atoms with Gasteiger partial charge in [0.2, 0.25) is 0 Å². The Hall–Kier alpha value is -5.20. The maximum Gasteiger partial charge on any atom is 0.0343 e. The van der Waals surface area contributed by atoms with Gasteiger partial charge >= 0.3 is 0 Å². The Labute approximate surface area is 338 Å². The number of rotatable bonds is 20. The Bertz CT molecular complexity index is 1300. The Kier molecular flexibility index (Phi) is 23.1. The third-order valence-corrected chi connectivity index (χ3v) is 10.0. The van der Waals surface area contributed by atoms with E-state index >= 15 is 0 Å². The normalized spacial score (nSPS) is 29.6. The van der Waals surface area contributed by atoms with Crippen LogP contribution in [0.4, 0.5) is 0 Å². The molecule has 1 aliphatic rings. The molecule has 1 rings (SSSR count). The molecule has 0 nitrogen and oxygen atoms in total. The molecule has 0 radical (unpaired) electrons. The molecule has 0 heterocycles. The first-order valence-corrected chi connectivity index (χ1v) is 19.9. The van der Waals surface area contributed by atoms with Crippen molar-refractivity contribution in [3.8, 4) is 0 Å². The van der Waals surface area contributed by atoms with Crippen molar-refractivity contribution in [2.24, 2.45) is 27.1 Å². The van der Waals surface area contributed by atoms with Crippen LogP contribution >= 0.6 is 0 Å². The van der Waals surface area contributed by atoms with Crippen LogP contribution in [0.5, 0.6) is 0 Å². The Morgan fingerprint density at radius 2 is 0.236 bits per heavy atom. The highest BCUT2D eigenvalue weighted by Gasteiger charge is 2.80. The molecule has 290 valence electrons. The van der Waals surface area contributed by atoms with Gasteiger partial charge in [0.05, 0.1) is 0 Å². The highest BCUT2D eigenvalue weighted by atomic mass is 14.8. The number of hydrogen-bond donors (Lipinski definition) is 0. The SMILES string of the molecule is CC=CC=CC1(C=CC=CC)C(C=CC=CC)(C=CC=CC)C(C=CC=CC)(C=CC=CC)C(C=CC=CC)(C=CC=CC)C1(C=CC=CC)C=CC=CC. The lowest BCUT2D eigenvalue weighted by Crippen LogP contribution is -2.46. The summed E-state index contributed by atoms with van der Waals surface area (Å²) in [7, 11) is 0. The zero-order chi connectivity index (χ0) is 40.8. The summed E-state index contributed by atoms with van der Waals surface area (Å²) < 4.78 is 0. The average Bonchev–Trinajstić information content (AvgIpc) is 3.30. The summed E-state index contributed by atoms with van der Waals surface area (Å²) in [4.78, 5) is 0. The van der Waals surface area contributed by atoms with Crippen molar-refractivity contribution in [1.29, 1.82) is 0 Å². The Balaban J connectivity index is 5.84. The number of allylic oxidation sites excluding steroid dienone is 40. The predicted octanol–water partition coefficient (Wildman–Crippen LogP) is 16.3. The van der Waals surface area contributed by atoms with E-state index in [4.69, 9.17) is 0 Å². The maximum absolute atomic E-state index is 2.45. The van der Waals surface area contributed by atoms with E-state index in [1.54, 1.807) is 0 Å². The smallest absolute Gasteiger partial charge is 0.0343 e. The molecule has 0 bridgehead atoms. The van der Waals surface area contributed by atoms with E-state index in [9.17, 15) is 0 Å². The molecular formula is C55H70. The fourth-order valence-corrected chi connectivity index (χ4v) is 7.93. The second-order valence-corrected chi connectivity index (χ2v) is 13.2. The zero-order valence-corrected chi connectivity index (χ0v) is 35.6. The van der Waals surface area contributed by atoms with Crippen LogP contribution in [0.3, 0.4) is 0 Å². The second-order valence-electron chi connectivity index (χ2n) is 13.2. The van der Waals surface area contributed by atoms with Crippen LogP contribution in [0.15, 0.2) is 243 Å². The van der Waals surface area contributed by atoms with Crippen molar-refractivity contribution in [2.45, 2.75) is 69.2 Å². The minimum absolute atomic E-state index is 0.771. The molecule has 0 aromatic rings. The zero-order valence-electron chi connectivity index (χ0n) is 35.6. The van der Waals surface area contributed by atoms with Gasteiger partial charge in [-0.3, -0.25) is 0 Å². The van der Waals surface area contributed by atoms with Crippen molar-refractivity contribution in [3.05, 3.63) is 243 Å². The van der Waals surface area contributed by atoms with Crippen LogP contribution in [0, 0.1) is 27.1 Å². The minimum atomic E-state index is -0.771. The molecule has 0 heteroatoms. The van der Waals surface area contributed by atoms with Gasteiger partial charge in [-0.05, 0) is 69.2 Å². The maximum atomic E-state index is 2.45. The lowest BCUT2D eigenvalue weighted by Gasteiger charge is -2.50. The molecule has 0 N–H and O–H groups in total. The fourth-order valence-electron chi connectivity index (χ4n) is 7.93. The average molecular weight is 731 g/mol. The predicted molar refractivity (Wildman–Crippen MR) is 252 cm³/mol. The van der Waals surface area contributed by atoms with Crippen LogP contribution in [0.1, 0.15) is 69.2 Å². The van der Waals surface area contributed by atoms with Crippen molar-refractivity contribution in [3.63, 3.8) is 0 Å². The first kappa shape index (κ1) is 47.8. The van der Waals surface area contributed by atoms with E-state index in [2.05, 4.69) is 312 Å². The summed E-state index contributed by atoms with van der Waals surface area (Å²) in [6.07, 6.45) is 89.4. The van der Waals surface area contributed by atoms with Gasteiger partial charge in [0.25, 0.3) is 0 Å². The third kappa shape index (κ3) is 10.7. The molecule has 0 aromatic heterocycles. The fraction of sp³-hybridized carbons (Fsp3) is 0.273. The lowest BCUT2D eigenvalue weighted by molar-refractivity contribution is 0.184. The van der Waals surface area contributed by atoms with E-state index in [0.29, 0.717) is 0 Å². The van der Waals surface area contributed by atoms with Gasteiger partial charge < -0.3 is 0 Å². The van der Waals surface area contributed by atoms with Crippen LogP contribution in [0.25, 0.3) is 0 Å². The van der Waals surface area contributed by atoms with Gasteiger partial charge in [0, 0.05) is 27.1 Å². The van der Waals surface area contributed by atoms with E-state index in [0.717, 1.165) is 0 Å². The minimum Gasteiger partial charge on any atom is -0.0877 e. The quantitative estimate of drug-likeness (QED) is 0.109. The van der Waals surface area contributed by atoms with Crippen LogP contribution in [-0.2, 0) is 0 Å². The van der Waals surface area contributed by atoms with E-state index in [1.807, 2.05) is 0 Å². The summed E-state index contributed by atoms with van der Waals surface area (Å²) in [5, 5.41) is 0. The molecule has 0 amide bonds. The van der Waals surface area contributed by atoms with Gasteiger partial charge in [-0.2, -0.15) is 0 Å². The van der Waals surface area contributed by atoms with Gasteiger partial charge in [-0.15, -0.1) is 0 Å². The molecule has 0 saturated heterocycles. The summed E-state index contributed by atoms with van der Waals surface area (Å²) in [5.74, 6) is 0. The van der Waals surface area contributed by atoms with Crippen molar-refractivity contribution in [1.82, 2.24) is 0 Å². The standard InChI is InChI=1S/C55H70/c1-11-21-31-41-51(42-32-22-12-2)52(43-33-23-13-3,44-34-24-14-4)54(47-37-27-17-7,48-38-28-18-8)55(49-39-29-19-9,50-40-30-20-10)53(51,45-35-25-15-5)46-36-26-16-6/h11-50H,1-10H3. The topological polar surface area (TPSA) is 0 Å². The summed E-state index contributed by atoms with van der Waals surface area (Å²) in [6.45, 7) is 20.7. The molecular weight excluding hydrogens is 661 g/mol. The molecule has 0 aliphatic heterocycles. The van der Waals surface area contributed by atoms with E-state index in [-0.39, 0.29) is 0 Å². The first-order chi connectivity index (χ1) is 26.9. The van der Waals surface area contributed by atoms with Gasteiger partial charge in [0.1, 0.15) is 0 Å².